The Morgan fingerprint density at radius 1 is 1.20 bits per heavy atom. The summed E-state index contributed by atoms with van der Waals surface area (Å²) < 4.78 is 51.3. The summed E-state index contributed by atoms with van der Waals surface area (Å²) >= 11 is 0. The second-order valence-corrected chi connectivity index (χ2v) is 5.21. The van der Waals surface area contributed by atoms with Gasteiger partial charge in [-0.2, -0.15) is 13.2 Å². The van der Waals surface area contributed by atoms with Crippen molar-refractivity contribution in [2.24, 2.45) is 5.92 Å². The van der Waals surface area contributed by atoms with Crippen LogP contribution in [0.15, 0.2) is 18.2 Å². The molecule has 0 heterocycles. The summed E-state index contributed by atoms with van der Waals surface area (Å²) in [7, 11) is 0. The average molecular weight is 291 g/mol. The van der Waals surface area contributed by atoms with E-state index in [1.165, 1.54) is 6.07 Å². The summed E-state index contributed by atoms with van der Waals surface area (Å²) in [5.74, 6) is -1.11. The van der Waals surface area contributed by atoms with Crippen LogP contribution in [0.5, 0.6) is 0 Å². The Labute approximate surface area is 117 Å². The van der Waals surface area contributed by atoms with Gasteiger partial charge in [0.25, 0.3) is 0 Å². The number of rotatable bonds is 6. The van der Waals surface area contributed by atoms with Crippen molar-refractivity contribution in [2.75, 3.05) is 13.1 Å². The van der Waals surface area contributed by atoms with Crippen molar-refractivity contribution in [3.8, 4) is 0 Å². The molecule has 1 aromatic rings. The van der Waals surface area contributed by atoms with Crippen LogP contribution in [0.25, 0.3) is 0 Å². The van der Waals surface area contributed by atoms with Gasteiger partial charge in [-0.1, -0.05) is 26.8 Å². The zero-order valence-corrected chi connectivity index (χ0v) is 12.0. The Balaban J connectivity index is 2.85. The molecule has 0 aliphatic carbocycles. The number of hydrogen-bond acceptors (Lipinski definition) is 1. The van der Waals surface area contributed by atoms with Gasteiger partial charge in [0, 0.05) is 0 Å². The predicted molar refractivity (Wildman–Crippen MR) is 72.1 cm³/mol. The highest BCUT2D eigenvalue weighted by Gasteiger charge is 2.34. The lowest BCUT2D eigenvalue weighted by Gasteiger charge is -2.22. The van der Waals surface area contributed by atoms with E-state index in [-0.39, 0.29) is 11.8 Å². The van der Waals surface area contributed by atoms with Crippen LogP contribution >= 0.6 is 0 Å². The van der Waals surface area contributed by atoms with Crippen LogP contribution in [0.3, 0.4) is 0 Å². The highest BCUT2D eigenvalue weighted by molar-refractivity contribution is 5.29. The number of hydrogen-bond donors (Lipinski definition) is 1. The maximum absolute atomic E-state index is 13.2. The second kappa shape index (κ2) is 7.07. The van der Waals surface area contributed by atoms with Crippen molar-refractivity contribution in [3.63, 3.8) is 0 Å². The van der Waals surface area contributed by atoms with E-state index < -0.39 is 17.6 Å². The van der Waals surface area contributed by atoms with Gasteiger partial charge in [0.15, 0.2) is 0 Å². The molecule has 0 bridgehead atoms. The van der Waals surface area contributed by atoms with Crippen LogP contribution in [-0.4, -0.2) is 13.1 Å². The molecule has 1 N–H and O–H groups in total. The van der Waals surface area contributed by atoms with E-state index in [1.54, 1.807) is 0 Å². The predicted octanol–water partition coefficient (Wildman–Crippen LogP) is 4.58. The third-order valence-electron chi connectivity index (χ3n) is 3.57. The Bertz CT molecular complexity index is 428. The van der Waals surface area contributed by atoms with E-state index in [9.17, 15) is 17.6 Å². The van der Waals surface area contributed by atoms with Gasteiger partial charge < -0.3 is 5.32 Å². The van der Waals surface area contributed by atoms with Crippen molar-refractivity contribution in [1.82, 2.24) is 5.32 Å². The molecule has 0 spiro atoms. The monoisotopic (exact) mass is 291 g/mol. The molecule has 5 heteroatoms. The second-order valence-electron chi connectivity index (χ2n) is 5.21. The quantitative estimate of drug-likeness (QED) is 0.597. The summed E-state index contributed by atoms with van der Waals surface area (Å²) in [5, 5.41) is 3.25. The highest BCUT2D eigenvalue weighted by Crippen LogP contribution is 2.34. The molecule has 0 aromatic heterocycles. The van der Waals surface area contributed by atoms with Crippen molar-refractivity contribution in [1.29, 1.82) is 0 Å². The van der Waals surface area contributed by atoms with Crippen LogP contribution in [0.2, 0.25) is 0 Å². The van der Waals surface area contributed by atoms with E-state index >= 15 is 0 Å². The molecule has 0 saturated heterocycles. The van der Waals surface area contributed by atoms with Gasteiger partial charge in [0.05, 0.1) is 5.56 Å². The molecule has 0 aliphatic heterocycles. The van der Waals surface area contributed by atoms with Gasteiger partial charge in [-0.15, -0.1) is 0 Å². The van der Waals surface area contributed by atoms with Crippen LogP contribution in [-0.2, 0) is 6.18 Å². The third kappa shape index (κ3) is 4.47. The number of alkyl halides is 3. The molecule has 0 aliphatic rings. The van der Waals surface area contributed by atoms with Gasteiger partial charge >= 0.3 is 6.18 Å². The lowest BCUT2D eigenvalue weighted by atomic mass is 9.88. The summed E-state index contributed by atoms with van der Waals surface area (Å²) in [4.78, 5) is 0. The van der Waals surface area contributed by atoms with Gasteiger partial charge in [-0.05, 0) is 49.0 Å². The highest BCUT2D eigenvalue weighted by atomic mass is 19.4. The molecule has 114 valence electrons. The Morgan fingerprint density at radius 2 is 1.85 bits per heavy atom. The Morgan fingerprint density at radius 3 is 2.40 bits per heavy atom. The average Bonchev–Trinajstić information content (AvgIpc) is 2.37. The first-order valence-corrected chi connectivity index (χ1v) is 6.84. The number of nitrogens with one attached hydrogen (secondary N) is 1. The zero-order chi connectivity index (χ0) is 15.3. The van der Waals surface area contributed by atoms with Gasteiger partial charge in [-0.3, -0.25) is 0 Å². The Kier molecular flexibility index (Phi) is 5.99. The normalized spacial score (nSPS) is 15.2. The molecule has 0 fully saturated rings. The lowest BCUT2D eigenvalue weighted by Crippen LogP contribution is -2.25. The van der Waals surface area contributed by atoms with E-state index in [2.05, 4.69) is 12.2 Å². The van der Waals surface area contributed by atoms with Crippen molar-refractivity contribution in [2.45, 2.75) is 39.3 Å². The SMILES string of the molecule is CCCNCC(C)C(C)c1ccc(F)c(C(F)(F)F)c1. The topological polar surface area (TPSA) is 12.0 Å². The number of benzene rings is 1. The molecule has 2 atom stereocenters. The summed E-state index contributed by atoms with van der Waals surface area (Å²) in [6.45, 7) is 7.51. The summed E-state index contributed by atoms with van der Waals surface area (Å²) in [5.41, 5.74) is -0.667. The standard InChI is InChI=1S/C15H21F4N/c1-4-7-20-9-10(2)11(3)12-5-6-14(16)13(8-12)15(17,18)19/h5-6,8,10-11,20H,4,7,9H2,1-3H3. The maximum Gasteiger partial charge on any atom is 0.419 e. The van der Waals surface area contributed by atoms with E-state index in [0.29, 0.717) is 5.56 Å². The van der Waals surface area contributed by atoms with Gasteiger partial charge in [0.2, 0.25) is 0 Å². The molecular formula is C15H21F4N. The van der Waals surface area contributed by atoms with Crippen molar-refractivity contribution < 1.29 is 17.6 Å². The molecule has 20 heavy (non-hydrogen) atoms. The smallest absolute Gasteiger partial charge is 0.316 e. The van der Waals surface area contributed by atoms with Crippen molar-refractivity contribution >= 4 is 0 Å². The Hall–Kier alpha value is -1.10. The maximum atomic E-state index is 13.2. The molecule has 2 unspecified atom stereocenters. The molecule has 1 aromatic carbocycles. The van der Waals surface area contributed by atoms with Crippen LogP contribution in [0, 0.1) is 11.7 Å². The van der Waals surface area contributed by atoms with Crippen LogP contribution in [0.1, 0.15) is 44.2 Å². The summed E-state index contributed by atoms with van der Waals surface area (Å²) in [6, 6.07) is 3.27. The first-order valence-electron chi connectivity index (χ1n) is 6.84. The fraction of sp³-hybridized carbons (Fsp3) is 0.600. The lowest BCUT2D eigenvalue weighted by molar-refractivity contribution is -0.140. The number of halogens is 4. The molecule has 0 saturated carbocycles. The van der Waals surface area contributed by atoms with E-state index in [0.717, 1.165) is 31.6 Å². The first-order chi connectivity index (χ1) is 9.27. The van der Waals surface area contributed by atoms with Gasteiger partial charge in [-0.25, -0.2) is 4.39 Å². The largest absolute Gasteiger partial charge is 0.419 e. The van der Waals surface area contributed by atoms with Crippen molar-refractivity contribution in [3.05, 3.63) is 35.1 Å². The fourth-order valence-corrected chi connectivity index (χ4v) is 2.06. The van der Waals surface area contributed by atoms with Crippen LogP contribution < -0.4 is 5.32 Å². The van der Waals surface area contributed by atoms with E-state index in [1.807, 2.05) is 13.8 Å². The third-order valence-corrected chi connectivity index (χ3v) is 3.57. The minimum absolute atomic E-state index is 0.0685. The molecule has 0 radical (unpaired) electrons. The van der Waals surface area contributed by atoms with Gasteiger partial charge in [0.1, 0.15) is 5.82 Å². The molecule has 0 amide bonds. The first kappa shape index (κ1) is 17.0. The minimum atomic E-state index is -4.65. The van der Waals surface area contributed by atoms with E-state index in [4.69, 9.17) is 0 Å². The fourth-order valence-electron chi connectivity index (χ4n) is 2.06. The zero-order valence-electron chi connectivity index (χ0n) is 12.0. The van der Waals surface area contributed by atoms with Crippen LogP contribution in [0.4, 0.5) is 17.6 Å². The minimum Gasteiger partial charge on any atom is -0.316 e. The molecule has 1 rings (SSSR count). The molecule has 1 nitrogen and oxygen atoms in total. The molecular weight excluding hydrogens is 270 g/mol. The summed E-state index contributed by atoms with van der Waals surface area (Å²) in [6.07, 6.45) is -3.64.